The highest BCUT2D eigenvalue weighted by Gasteiger charge is 2.33. The minimum absolute atomic E-state index is 0. The highest BCUT2D eigenvalue weighted by atomic mass is 35.5. The molecule has 0 radical (unpaired) electrons. The lowest BCUT2D eigenvalue weighted by Gasteiger charge is -2.36. The molecule has 2 heterocycles. The molecule has 1 unspecified atom stereocenters. The number of thioether (sulfide) groups is 1. The second-order valence-electron chi connectivity index (χ2n) is 4.91. The predicted molar refractivity (Wildman–Crippen MR) is 77.5 cm³/mol. The Balaban J connectivity index is 0.00000162. The molecule has 2 rings (SSSR count). The number of carbonyl (C=O) groups excluding carboxylic acids is 1. The van der Waals surface area contributed by atoms with Crippen LogP contribution in [0.3, 0.4) is 0 Å². The van der Waals surface area contributed by atoms with Crippen molar-refractivity contribution >= 4 is 30.1 Å². The highest BCUT2D eigenvalue weighted by molar-refractivity contribution is 8.00. The third-order valence-corrected chi connectivity index (χ3v) is 5.27. The standard InChI is InChI=1S/C12H22N2O2S.ClH/c1-17-12(3-6-16-7-4-12)9-14-11(15)10-2-5-13-8-10;/h10,13H,2-9H2,1H3,(H,14,15);1H. The average Bonchev–Trinajstić information content (AvgIpc) is 2.91. The van der Waals surface area contributed by atoms with Crippen LogP contribution in [0.1, 0.15) is 19.3 Å². The zero-order valence-corrected chi connectivity index (χ0v) is 12.5. The molecule has 4 nitrogen and oxygen atoms in total. The Morgan fingerprint density at radius 1 is 1.50 bits per heavy atom. The molecule has 2 fully saturated rings. The molecule has 0 aromatic carbocycles. The number of hydrogen-bond donors (Lipinski definition) is 2. The first-order valence-corrected chi connectivity index (χ1v) is 7.60. The van der Waals surface area contributed by atoms with Crippen LogP contribution in [0.25, 0.3) is 0 Å². The van der Waals surface area contributed by atoms with Gasteiger partial charge in [0.15, 0.2) is 0 Å². The maximum Gasteiger partial charge on any atom is 0.224 e. The number of rotatable bonds is 4. The first-order valence-electron chi connectivity index (χ1n) is 6.37. The predicted octanol–water partition coefficient (Wildman–Crippen LogP) is 1.05. The fourth-order valence-electron chi connectivity index (χ4n) is 2.47. The molecule has 1 atom stereocenters. The Bertz CT molecular complexity index is 267. The molecule has 0 aromatic heterocycles. The van der Waals surface area contributed by atoms with Gasteiger partial charge in [0, 0.05) is 31.1 Å². The maximum absolute atomic E-state index is 12.0. The zero-order valence-electron chi connectivity index (χ0n) is 10.9. The molecule has 2 saturated heterocycles. The smallest absolute Gasteiger partial charge is 0.224 e. The zero-order chi connectivity index (χ0) is 12.1. The Hall–Kier alpha value is 0.0300. The van der Waals surface area contributed by atoms with E-state index in [1.165, 1.54) is 0 Å². The van der Waals surface area contributed by atoms with Crippen LogP contribution in [0.2, 0.25) is 0 Å². The molecule has 0 aromatic rings. The first-order chi connectivity index (χ1) is 8.26. The van der Waals surface area contributed by atoms with Crippen LogP contribution in [0.5, 0.6) is 0 Å². The molecule has 0 aliphatic carbocycles. The number of halogens is 1. The van der Waals surface area contributed by atoms with Gasteiger partial charge in [0.1, 0.15) is 0 Å². The van der Waals surface area contributed by atoms with Crippen molar-refractivity contribution in [3.63, 3.8) is 0 Å². The van der Waals surface area contributed by atoms with Gasteiger partial charge in [0.2, 0.25) is 5.91 Å². The largest absolute Gasteiger partial charge is 0.381 e. The third kappa shape index (κ3) is 4.02. The normalized spacial score (nSPS) is 26.4. The van der Waals surface area contributed by atoms with Crippen molar-refractivity contribution < 1.29 is 9.53 Å². The van der Waals surface area contributed by atoms with Crippen LogP contribution < -0.4 is 10.6 Å². The van der Waals surface area contributed by atoms with Crippen molar-refractivity contribution in [2.24, 2.45) is 5.92 Å². The summed E-state index contributed by atoms with van der Waals surface area (Å²) in [5.41, 5.74) is 0. The number of nitrogens with one attached hydrogen (secondary N) is 2. The van der Waals surface area contributed by atoms with E-state index in [9.17, 15) is 4.79 Å². The Kier molecular flexibility index (Phi) is 6.77. The minimum Gasteiger partial charge on any atom is -0.381 e. The summed E-state index contributed by atoms with van der Waals surface area (Å²) in [6, 6.07) is 0. The van der Waals surface area contributed by atoms with Crippen LogP contribution in [-0.4, -0.2) is 49.8 Å². The number of amides is 1. The summed E-state index contributed by atoms with van der Waals surface area (Å²) >= 11 is 1.87. The number of carbonyl (C=O) groups is 1. The van der Waals surface area contributed by atoms with E-state index in [1.54, 1.807) is 0 Å². The number of ether oxygens (including phenoxy) is 1. The van der Waals surface area contributed by atoms with Crippen molar-refractivity contribution in [2.75, 3.05) is 39.1 Å². The van der Waals surface area contributed by atoms with Crippen molar-refractivity contribution in [1.29, 1.82) is 0 Å². The van der Waals surface area contributed by atoms with Crippen molar-refractivity contribution in [2.45, 2.75) is 24.0 Å². The fraction of sp³-hybridized carbons (Fsp3) is 0.917. The fourth-order valence-corrected chi connectivity index (χ4v) is 3.26. The minimum atomic E-state index is 0. The van der Waals surface area contributed by atoms with Crippen molar-refractivity contribution in [1.82, 2.24) is 10.6 Å². The van der Waals surface area contributed by atoms with Crippen molar-refractivity contribution in [3.8, 4) is 0 Å². The van der Waals surface area contributed by atoms with E-state index in [-0.39, 0.29) is 29.0 Å². The van der Waals surface area contributed by atoms with Crippen LogP contribution in [0.15, 0.2) is 0 Å². The molecule has 2 N–H and O–H groups in total. The summed E-state index contributed by atoms with van der Waals surface area (Å²) in [5.74, 6) is 0.392. The Morgan fingerprint density at radius 2 is 2.22 bits per heavy atom. The van der Waals surface area contributed by atoms with Gasteiger partial charge in [-0.25, -0.2) is 0 Å². The molecular weight excluding hydrogens is 272 g/mol. The summed E-state index contributed by atoms with van der Waals surface area (Å²) in [7, 11) is 0. The summed E-state index contributed by atoms with van der Waals surface area (Å²) < 4.78 is 5.59. The molecule has 106 valence electrons. The second kappa shape index (κ2) is 7.58. The Labute approximate surface area is 119 Å². The van der Waals surface area contributed by atoms with E-state index < -0.39 is 0 Å². The van der Waals surface area contributed by atoms with Gasteiger partial charge in [-0.3, -0.25) is 4.79 Å². The molecule has 0 saturated carbocycles. The van der Waals surface area contributed by atoms with E-state index in [2.05, 4.69) is 16.9 Å². The quantitative estimate of drug-likeness (QED) is 0.814. The van der Waals surface area contributed by atoms with Gasteiger partial charge in [-0.1, -0.05) is 0 Å². The Morgan fingerprint density at radius 3 is 2.78 bits per heavy atom. The molecule has 2 aliphatic rings. The number of hydrogen-bond acceptors (Lipinski definition) is 4. The van der Waals surface area contributed by atoms with Gasteiger partial charge in [-0.05, 0) is 32.1 Å². The molecule has 0 bridgehead atoms. The van der Waals surface area contributed by atoms with Gasteiger partial charge in [-0.15, -0.1) is 12.4 Å². The maximum atomic E-state index is 12.0. The van der Waals surface area contributed by atoms with E-state index in [4.69, 9.17) is 4.74 Å². The molecule has 18 heavy (non-hydrogen) atoms. The van der Waals surface area contributed by atoms with Gasteiger partial charge in [-0.2, -0.15) is 11.8 Å². The van der Waals surface area contributed by atoms with E-state index in [0.29, 0.717) is 0 Å². The van der Waals surface area contributed by atoms with Crippen LogP contribution >= 0.6 is 24.2 Å². The van der Waals surface area contributed by atoms with Crippen LogP contribution in [-0.2, 0) is 9.53 Å². The molecular formula is C12H23ClN2O2S. The average molecular weight is 295 g/mol. The van der Waals surface area contributed by atoms with Gasteiger partial charge >= 0.3 is 0 Å². The molecule has 1 amide bonds. The van der Waals surface area contributed by atoms with Gasteiger partial charge in [0.05, 0.1) is 5.92 Å². The summed E-state index contributed by atoms with van der Waals surface area (Å²) in [4.78, 5) is 12.0. The molecule has 6 heteroatoms. The monoisotopic (exact) mass is 294 g/mol. The SMILES string of the molecule is CSC1(CNC(=O)C2CCNC2)CCOCC1.Cl. The van der Waals surface area contributed by atoms with E-state index >= 15 is 0 Å². The lowest BCUT2D eigenvalue weighted by atomic mass is 9.98. The van der Waals surface area contributed by atoms with Gasteiger partial charge in [0.25, 0.3) is 0 Å². The van der Waals surface area contributed by atoms with Crippen LogP contribution in [0, 0.1) is 5.92 Å². The topological polar surface area (TPSA) is 50.4 Å². The first kappa shape index (κ1) is 16.1. The van der Waals surface area contributed by atoms with E-state index in [1.807, 2.05) is 11.8 Å². The third-order valence-electron chi connectivity index (χ3n) is 3.85. The lowest BCUT2D eigenvalue weighted by Crippen LogP contribution is -2.46. The summed E-state index contributed by atoms with van der Waals surface area (Å²) in [6.07, 6.45) is 5.19. The summed E-state index contributed by atoms with van der Waals surface area (Å²) in [6.45, 7) is 4.23. The second-order valence-corrected chi connectivity index (χ2v) is 6.18. The van der Waals surface area contributed by atoms with E-state index in [0.717, 1.165) is 52.1 Å². The molecule has 2 aliphatic heterocycles. The van der Waals surface area contributed by atoms with Gasteiger partial charge < -0.3 is 15.4 Å². The van der Waals surface area contributed by atoms with Crippen molar-refractivity contribution in [3.05, 3.63) is 0 Å². The lowest BCUT2D eigenvalue weighted by molar-refractivity contribution is -0.124. The molecule has 0 spiro atoms. The highest BCUT2D eigenvalue weighted by Crippen LogP contribution is 2.33. The summed E-state index contributed by atoms with van der Waals surface area (Å²) in [5, 5.41) is 6.36. The van der Waals surface area contributed by atoms with Crippen LogP contribution in [0.4, 0.5) is 0 Å².